The van der Waals surface area contributed by atoms with Gasteiger partial charge in [-0.15, -0.1) is 0 Å². The molecule has 0 aliphatic rings. The van der Waals surface area contributed by atoms with Crippen molar-refractivity contribution in [2.45, 2.75) is 46.4 Å². The van der Waals surface area contributed by atoms with Gasteiger partial charge in [0.25, 0.3) is 0 Å². The molecule has 0 radical (unpaired) electrons. The van der Waals surface area contributed by atoms with Crippen molar-refractivity contribution in [1.29, 1.82) is 0 Å². The van der Waals surface area contributed by atoms with E-state index in [9.17, 15) is 9.36 Å². The molecule has 0 aliphatic carbocycles. The molecule has 0 amide bonds. The van der Waals surface area contributed by atoms with E-state index in [1.807, 2.05) is 0 Å². The van der Waals surface area contributed by atoms with Crippen LogP contribution in [0.5, 0.6) is 0 Å². The number of aromatic nitrogens is 2. The zero-order valence-electron chi connectivity index (χ0n) is 13.4. The summed E-state index contributed by atoms with van der Waals surface area (Å²) in [4.78, 5) is 15.1. The maximum atomic E-state index is 12.5. The Balaban J connectivity index is 2.52. The molecule has 0 spiro atoms. The summed E-state index contributed by atoms with van der Waals surface area (Å²) >= 11 is 0. The van der Waals surface area contributed by atoms with Crippen LogP contribution in [0.4, 0.5) is 5.82 Å². The Labute approximate surface area is 130 Å². The summed E-state index contributed by atoms with van der Waals surface area (Å²) in [6.45, 7) is 7.55. The van der Waals surface area contributed by atoms with Gasteiger partial charge in [0.1, 0.15) is 12.2 Å². The van der Waals surface area contributed by atoms with Gasteiger partial charge >= 0.3 is 13.3 Å². The summed E-state index contributed by atoms with van der Waals surface area (Å²) in [5.41, 5.74) is 4.95. The summed E-state index contributed by atoms with van der Waals surface area (Å²) in [5, 5.41) is 0. The molecule has 0 atom stereocenters. The van der Waals surface area contributed by atoms with Crippen LogP contribution in [-0.2, 0) is 24.9 Å². The van der Waals surface area contributed by atoms with Gasteiger partial charge in [-0.3, -0.25) is 9.13 Å². The quantitative estimate of drug-likeness (QED) is 0.543. The summed E-state index contributed by atoms with van der Waals surface area (Å²) in [5.74, 6) is 0.169. The van der Waals surface area contributed by atoms with Crippen molar-refractivity contribution in [3.8, 4) is 0 Å². The predicted octanol–water partition coefficient (Wildman–Crippen LogP) is 1.84. The molecule has 0 saturated carbocycles. The van der Waals surface area contributed by atoms with Crippen LogP contribution in [0.2, 0.25) is 0 Å². The number of nitrogen functional groups attached to an aromatic ring is 1. The maximum absolute atomic E-state index is 12.5. The standard InChI is InChI=1S/C13H24N3O5P/c1-10(2)20-22(18,21-11(3)4)9-19-8-7-16-6-5-12(14)15-13(16)17/h5-6,10-11H,7-9H2,1-4H3,(H2,14,15,17). The molecular weight excluding hydrogens is 309 g/mol. The lowest BCUT2D eigenvalue weighted by Gasteiger charge is -2.22. The van der Waals surface area contributed by atoms with E-state index in [1.165, 1.54) is 16.8 Å². The Morgan fingerprint density at radius 1 is 1.27 bits per heavy atom. The lowest BCUT2D eigenvalue weighted by Crippen LogP contribution is -2.25. The van der Waals surface area contributed by atoms with E-state index in [0.29, 0.717) is 0 Å². The number of nitrogens with zero attached hydrogens (tertiary/aromatic N) is 2. The highest BCUT2D eigenvalue weighted by atomic mass is 31.2. The van der Waals surface area contributed by atoms with Crippen LogP contribution < -0.4 is 11.4 Å². The second-order valence-electron chi connectivity index (χ2n) is 5.28. The minimum absolute atomic E-state index is 0.166. The Morgan fingerprint density at radius 3 is 2.36 bits per heavy atom. The Hall–Kier alpha value is -1.21. The monoisotopic (exact) mass is 333 g/mol. The van der Waals surface area contributed by atoms with Crippen LogP contribution in [0.15, 0.2) is 17.1 Å². The maximum Gasteiger partial charge on any atom is 0.356 e. The summed E-state index contributed by atoms with van der Waals surface area (Å²) in [6.07, 6.45) is 0.887. The van der Waals surface area contributed by atoms with Crippen LogP contribution in [0.1, 0.15) is 27.7 Å². The van der Waals surface area contributed by atoms with Crippen LogP contribution in [0.25, 0.3) is 0 Å². The van der Waals surface area contributed by atoms with Crippen LogP contribution >= 0.6 is 7.60 Å². The van der Waals surface area contributed by atoms with Gasteiger partial charge in [0, 0.05) is 6.20 Å². The van der Waals surface area contributed by atoms with Crippen molar-refractivity contribution in [3.05, 3.63) is 22.7 Å². The SMILES string of the molecule is CC(C)OP(=O)(COCCn1ccc(N)nc1=O)OC(C)C. The molecule has 1 heterocycles. The highest BCUT2D eigenvalue weighted by Gasteiger charge is 2.28. The zero-order valence-corrected chi connectivity index (χ0v) is 14.3. The Morgan fingerprint density at radius 2 is 1.86 bits per heavy atom. The first kappa shape index (κ1) is 18.8. The number of hydrogen-bond acceptors (Lipinski definition) is 7. The lowest BCUT2D eigenvalue weighted by atomic mass is 10.5. The van der Waals surface area contributed by atoms with Crippen molar-refractivity contribution in [2.75, 3.05) is 18.7 Å². The first-order chi connectivity index (χ1) is 10.2. The van der Waals surface area contributed by atoms with Crippen molar-refractivity contribution in [3.63, 3.8) is 0 Å². The van der Waals surface area contributed by atoms with E-state index < -0.39 is 13.3 Å². The molecular formula is C13H24N3O5P. The van der Waals surface area contributed by atoms with E-state index in [1.54, 1.807) is 27.7 Å². The van der Waals surface area contributed by atoms with Gasteiger partial charge in [-0.25, -0.2) is 4.79 Å². The van der Waals surface area contributed by atoms with Crippen LogP contribution in [0.3, 0.4) is 0 Å². The summed E-state index contributed by atoms with van der Waals surface area (Å²) in [7, 11) is -3.32. The number of rotatable bonds is 9. The summed E-state index contributed by atoms with van der Waals surface area (Å²) in [6, 6.07) is 1.52. The van der Waals surface area contributed by atoms with Gasteiger partial charge in [-0.2, -0.15) is 4.98 Å². The van der Waals surface area contributed by atoms with Gasteiger partial charge in [-0.05, 0) is 33.8 Å². The van der Waals surface area contributed by atoms with E-state index in [2.05, 4.69) is 4.98 Å². The van der Waals surface area contributed by atoms with E-state index in [4.69, 9.17) is 19.5 Å². The second kappa shape index (κ2) is 8.43. The minimum atomic E-state index is -3.32. The number of ether oxygens (including phenoxy) is 1. The molecule has 0 fully saturated rings. The van der Waals surface area contributed by atoms with E-state index in [-0.39, 0.29) is 37.5 Å². The largest absolute Gasteiger partial charge is 0.383 e. The molecule has 0 saturated heterocycles. The van der Waals surface area contributed by atoms with Gasteiger partial charge in [0.2, 0.25) is 0 Å². The first-order valence-corrected chi connectivity index (χ1v) is 8.81. The molecule has 0 aromatic carbocycles. The third-order valence-electron chi connectivity index (χ3n) is 2.36. The molecule has 22 heavy (non-hydrogen) atoms. The highest BCUT2D eigenvalue weighted by Crippen LogP contribution is 2.50. The second-order valence-corrected chi connectivity index (χ2v) is 7.19. The number of nitrogens with two attached hydrogens (primary N) is 1. The molecule has 126 valence electrons. The zero-order chi connectivity index (χ0) is 16.8. The number of anilines is 1. The van der Waals surface area contributed by atoms with Crippen molar-refractivity contribution >= 4 is 13.4 Å². The molecule has 2 N–H and O–H groups in total. The fourth-order valence-corrected chi connectivity index (χ4v) is 3.49. The third-order valence-corrected chi connectivity index (χ3v) is 4.35. The number of hydrogen-bond donors (Lipinski definition) is 1. The van der Waals surface area contributed by atoms with Crippen molar-refractivity contribution in [1.82, 2.24) is 9.55 Å². The normalized spacial score (nSPS) is 12.3. The Kier molecular flexibility index (Phi) is 7.22. The van der Waals surface area contributed by atoms with Gasteiger partial charge in [0.05, 0.1) is 25.4 Å². The molecule has 1 aromatic heterocycles. The lowest BCUT2D eigenvalue weighted by molar-refractivity contribution is 0.0955. The Bertz CT molecular complexity index is 559. The molecule has 1 aromatic rings. The fraction of sp³-hybridized carbons (Fsp3) is 0.692. The predicted molar refractivity (Wildman–Crippen MR) is 83.8 cm³/mol. The first-order valence-electron chi connectivity index (χ1n) is 7.08. The fourth-order valence-electron chi connectivity index (χ4n) is 1.68. The van der Waals surface area contributed by atoms with Gasteiger partial charge < -0.3 is 19.5 Å². The molecule has 9 heteroatoms. The third kappa shape index (κ3) is 6.70. The average molecular weight is 333 g/mol. The summed E-state index contributed by atoms with van der Waals surface area (Å²) < 4.78 is 29.9. The molecule has 1 rings (SSSR count). The van der Waals surface area contributed by atoms with E-state index >= 15 is 0 Å². The molecule has 8 nitrogen and oxygen atoms in total. The average Bonchev–Trinajstić information content (AvgIpc) is 2.34. The highest BCUT2D eigenvalue weighted by molar-refractivity contribution is 7.53. The molecule has 0 bridgehead atoms. The van der Waals surface area contributed by atoms with Crippen LogP contribution in [-0.4, -0.2) is 34.7 Å². The van der Waals surface area contributed by atoms with Crippen molar-refractivity contribution in [2.24, 2.45) is 0 Å². The van der Waals surface area contributed by atoms with E-state index in [0.717, 1.165) is 0 Å². The minimum Gasteiger partial charge on any atom is -0.383 e. The van der Waals surface area contributed by atoms with Crippen molar-refractivity contribution < 1.29 is 18.3 Å². The van der Waals surface area contributed by atoms with Crippen LogP contribution in [0, 0.1) is 0 Å². The molecule has 0 aliphatic heterocycles. The molecule has 0 unspecified atom stereocenters. The van der Waals surface area contributed by atoms with Gasteiger partial charge in [0.15, 0.2) is 0 Å². The smallest absolute Gasteiger partial charge is 0.356 e. The topological polar surface area (TPSA) is 106 Å². The van der Waals surface area contributed by atoms with Gasteiger partial charge in [-0.1, -0.05) is 0 Å².